The van der Waals surface area contributed by atoms with E-state index in [0.29, 0.717) is 13.2 Å². The molecule has 0 fully saturated rings. The van der Waals surface area contributed by atoms with Gasteiger partial charge < -0.3 is 18.0 Å². The van der Waals surface area contributed by atoms with Gasteiger partial charge in [0.25, 0.3) is 0 Å². The van der Waals surface area contributed by atoms with Crippen molar-refractivity contribution in [3.63, 3.8) is 0 Å². The molecule has 2 aromatic rings. The van der Waals surface area contributed by atoms with Gasteiger partial charge in [0.1, 0.15) is 5.75 Å². The Morgan fingerprint density at radius 1 is 1.00 bits per heavy atom. The maximum absolute atomic E-state index is 5.70. The number of ether oxygens (including phenoxy) is 1. The second kappa shape index (κ2) is 7.40. The van der Waals surface area contributed by atoms with E-state index in [4.69, 9.17) is 18.0 Å². The van der Waals surface area contributed by atoms with Crippen molar-refractivity contribution in [2.24, 2.45) is 0 Å². The minimum atomic E-state index is -1.68. The van der Waals surface area contributed by atoms with Gasteiger partial charge in [-0.05, 0) is 23.8 Å². The van der Waals surface area contributed by atoms with Crippen LogP contribution in [-0.2, 0) is 19.9 Å². The SMILES string of the molecule is CCOc1ccc2ccccc2c1CO[Si](OC)OC. The van der Waals surface area contributed by atoms with E-state index >= 15 is 0 Å². The van der Waals surface area contributed by atoms with Crippen LogP contribution in [0.2, 0.25) is 0 Å². The van der Waals surface area contributed by atoms with Gasteiger partial charge in [-0.15, -0.1) is 0 Å². The van der Waals surface area contributed by atoms with E-state index in [1.165, 1.54) is 0 Å². The van der Waals surface area contributed by atoms with Crippen molar-refractivity contribution in [1.82, 2.24) is 0 Å². The zero-order valence-electron chi connectivity index (χ0n) is 12.0. The number of hydrogen-bond donors (Lipinski definition) is 0. The van der Waals surface area contributed by atoms with E-state index in [-0.39, 0.29) is 0 Å². The van der Waals surface area contributed by atoms with Gasteiger partial charge in [0.2, 0.25) is 0 Å². The molecule has 0 amide bonds. The average Bonchev–Trinajstić information content (AvgIpc) is 2.50. The summed E-state index contributed by atoms with van der Waals surface area (Å²) < 4.78 is 21.7. The molecule has 2 rings (SSSR count). The van der Waals surface area contributed by atoms with E-state index in [9.17, 15) is 0 Å². The van der Waals surface area contributed by atoms with Crippen LogP contribution in [0.25, 0.3) is 10.8 Å². The van der Waals surface area contributed by atoms with Gasteiger partial charge >= 0.3 is 9.53 Å². The topological polar surface area (TPSA) is 36.9 Å². The number of fused-ring (bicyclic) bond motifs is 1. The highest BCUT2D eigenvalue weighted by Crippen LogP contribution is 2.29. The predicted octanol–water partition coefficient (Wildman–Crippen LogP) is 3.03. The number of rotatable bonds is 7. The lowest BCUT2D eigenvalue weighted by atomic mass is 10.0. The predicted molar refractivity (Wildman–Crippen MR) is 79.7 cm³/mol. The third-order valence-corrected chi connectivity index (χ3v) is 4.01. The van der Waals surface area contributed by atoms with Crippen LogP contribution in [0.15, 0.2) is 36.4 Å². The molecule has 0 aliphatic heterocycles. The lowest BCUT2D eigenvalue weighted by molar-refractivity contribution is 0.127. The summed E-state index contributed by atoms with van der Waals surface area (Å²) in [5.41, 5.74) is 1.03. The van der Waals surface area contributed by atoms with Gasteiger partial charge in [0, 0.05) is 19.8 Å². The molecule has 5 heteroatoms. The Bertz CT molecular complexity index is 555. The fourth-order valence-electron chi connectivity index (χ4n) is 2.09. The summed E-state index contributed by atoms with van der Waals surface area (Å²) in [6, 6.07) is 12.2. The molecule has 4 nitrogen and oxygen atoms in total. The van der Waals surface area contributed by atoms with Crippen LogP contribution in [0.1, 0.15) is 12.5 Å². The smallest absolute Gasteiger partial charge is 0.493 e. The fraction of sp³-hybridized carbons (Fsp3) is 0.333. The Kier molecular flexibility index (Phi) is 5.55. The molecule has 0 spiro atoms. The zero-order valence-corrected chi connectivity index (χ0v) is 13.0. The molecule has 2 aromatic carbocycles. The molecular weight excluding hydrogens is 272 g/mol. The lowest BCUT2D eigenvalue weighted by Gasteiger charge is -2.15. The highest BCUT2D eigenvalue weighted by molar-refractivity contribution is 6.36. The van der Waals surface area contributed by atoms with Crippen molar-refractivity contribution in [2.75, 3.05) is 20.8 Å². The van der Waals surface area contributed by atoms with Crippen LogP contribution in [0.3, 0.4) is 0 Å². The molecule has 0 heterocycles. The number of hydrogen-bond acceptors (Lipinski definition) is 4. The monoisotopic (exact) mass is 291 g/mol. The van der Waals surface area contributed by atoms with Crippen molar-refractivity contribution >= 4 is 20.3 Å². The lowest BCUT2D eigenvalue weighted by Crippen LogP contribution is -2.23. The van der Waals surface area contributed by atoms with Gasteiger partial charge in [-0.25, -0.2) is 0 Å². The van der Waals surface area contributed by atoms with Crippen LogP contribution in [0, 0.1) is 0 Å². The van der Waals surface area contributed by atoms with Crippen molar-refractivity contribution in [1.29, 1.82) is 0 Å². The van der Waals surface area contributed by atoms with Gasteiger partial charge in [-0.1, -0.05) is 30.3 Å². The van der Waals surface area contributed by atoms with Gasteiger partial charge in [-0.2, -0.15) is 0 Å². The molecule has 0 N–H and O–H groups in total. The molecular formula is C15H19O4Si. The van der Waals surface area contributed by atoms with Crippen LogP contribution >= 0.6 is 0 Å². The maximum atomic E-state index is 5.70. The first kappa shape index (κ1) is 15.0. The first-order valence-corrected chi connectivity index (χ1v) is 7.73. The van der Waals surface area contributed by atoms with Crippen molar-refractivity contribution in [3.8, 4) is 5.75 Å². The Morgan fingerprint density at radius 2 is 1.75 bits per heavy atom. The van der Waals surface area contributed by atoms with Crippen LogP contribution in [0.5, 0.6) is 5.75 Å². The molecule has 0 aliphatic carbocycles. The van der Waals surface area contributed by atoms with Crippen molar-refractivity contribution in [3.05, 3.63) is 42.0 Å². The van der Waals surface area contributed by atoms with E-state index in [2.05, 4.69) is 18.2 Å². The molecule has 0 aromatic heterocycles. The fourth-order valence-corrected chi connectivity index (χ4v) is 2.75. The van der Waals surface area contributed by atoms with Gasteiger partial charge in [0.05, 0.1) is 13.2 Å². The molecule has 0 bridgehead atoms. The third kappa shape index (κ3) is 3.37. The van der Waals surface area contributed by atoms with E-state index < -0.39 is 9.53 Å². The summed E-state index contributed by atoms with van der Waals surface area (Å²) in [6.07, 6.45) is 0. The molecule has 0 atom stereocenters. The molecule has 20 heavy (non-hydrogen) atoms. The zero-order chi connectivity index (χ0) is 14.4. The Balaban J connectivity index is 2.33. The molecule has 1 radical (unpaired) electrons. The largest absolute Gasteiger partial charge is 0.577 e. The van der Waals surface area contributed by atoms with Gasteiger partial charge in [0.15, 0.2) is 0 Å². The summed E-state index contributed by atoms with van der Waals surface area (Å²) in [4.78, 5) is 0. The summed E-state index contributed by atoms with van der Waals surface area (Å²) >= 11 is 0. The van der Waals surface area contributed by atoms with Crippen LogP contribution in [-0.4, -0.2) is 30.4 Å². The molecule has 0 aliphatic rings. The first-order chi connectivity index (χ1) is 9.80. The van der Waals surface area contributed by atoms with Crippen molar-refractivity contribution < 1.29 is 18.0 Å². The van der Waals surface area contributed by atoms with E-state index in [1.54, 1.807) is 14.2 Å². The quantitative estimate of drug-likeness (QED) is 0.735. The minimum Gasteiger partial charge on any atom is -0.493 e. The van der Waals surface area contributed by atoms with Gasteiger partial charge in [-0.3, -0.25) is 0 Å². The first-order valence-electron chi connectivity index (χ1n) is 6.51. The Morgan fingerprint density at radius 3 is 2.45 bits per heavy atom. The molecule has 0 saturated carbocycles. The molecule has 0 unspecified atom stereocenters. The summed E-state index contributed by atoms with van der Waals surface area (Å²) in [5.74, 6) is 0.847. The highest BCUT2D eigenvalue weighted by Gasteiger charge is 2.17. The summed E-state index contributed by atoms with van der Waals surface area (Å²) in [7, 11) is 1.50. The highest BCUT2D eigenvalue weighted by atomic mass is 28.3. The summed E-state index contributed by atoms with van der Waals surface area (Å²) in [6.45, 7) is 3.00. The average molecular weight is 291 g/mol. The Labute approximate surface area is 121 Å². The standard InChI is InChI=1S/C15H19O4Si/c1-4-18-15-10-9-12-7-5-6-8-13(12)14(15)11-19-20(16-2)17-3/h5-10H,4,11H2,1-3H3. The van der Waals surface area contributed by atoms with Crippen LogP contribution in [0.4, 0.5) is 0 Å². The maximum Gasteiger partial charge on any atom is 0.577 e. The Hall–Kier alpha value is -1.40. The van der Waals surface area contributed by atoms with E-state index in [1.807, 2.05) is 25.1 Å². The third-order valence-electron chi connectivity index (χ3n) is 2.97. The number of benzene rings is 2. The molecule has 107 valence electrons. The molecule has 0 saturated heterocycles. The van der Waals surface area contributed by atoms with E-state index in [0.717, 1.165) is 22.1 Å². The van der Waals surface area contributed by atoms with Crippen LogP contribution < -0.4 is 4.74 Å². The van der Waals surface area contributed by atoms with Crippen molar-refractivity contribution in [2.45, 2.75) is 13.5 Å². The summed E-state index contributed by atoms with van der Waals surface area (Å²) in [5, 5.41) is 2.30. The normalized spacial score (nSPS) is 11.2. The minimum absolute atomic E-state index is 0.409. The second-order valence-corrected chi connectivity index (χ2v) is 5.75. The second-order valence-electron chi connectivity index (χ2n) is 4.14.